The van der Waals surface area contributed by atoms with Crippen molar-refractivity contribution in [3.8, 4) is 0 Å². The monoisotopic (exact) mass is 220 g/mol. The minimum Gasteiger partial charge on any atom is -0.480 e. The highest BCUT2D eigenvalue weighted by molar-refractivity contribution is 6.29. The minimum atomic E-state index is -1.00. The maximum Gasteiger partial charge on any atom is 0.324 e. The molecular formula is C10H17ClO3. The third-order valence-electron chi connectivity index (χ3n) is 2.76. The smallest absolute Gasteiger partial charge is 0.324 e. The minimum absolute atomic E-state index is 0.117. The molecule has 1 fully saturated rings. The van der Waals surface area contributed by atoms with E-state index >= 15 is 0 Å². The molecule has 0 aromatic heterocycles. The summed E-state index contributed by atoms with van der Waals surface area (Å²) in [4.78, 5) is 10.4. The Hall–Kier alpha value is -0.280. The molecule has 0 aromatic rings. The van der Waals surface area contributed by atoms with Crippen molar-refractivity contribution in [2.75, 3.05) is 6.61 Å². The third kappa shape index (κ3) is 3.46. The van der Waals surface area contributed by atoms with Gasteiger partial charge in [-0.3, -0.25) is 4.79 Å². The van der Waals surface area contributed by atoms with Gasteiger partial charge in [0.05, 0.1) is 12.7 Å². The molecule has 4 heteroatoms. The van der Waals surface area contributed by atoms with Gasteiger partial charge >= 0.3 is 5.97 Å². The average Bonchev–Trinajstić information content (AvgIpc) is 2.16. The molecule has 14 heavy (non-hydrogen) atoms. The second kappa shape index (κ2) is 5.56. The first-order valence-corrected chi connectivity index (χ1v) is 5.53. The molecule has 3 atom stereocenters. The lowest BCUT2D eigenvalue weighted by atomic mass is 9.88. The maximum atomic E-state index is 10.4. The van der Waals surface area contributed by atoms with Gasteiger partial charge in [-0.1, -0.05) is 19.8 Å². The number of halogens is 1. The maximum absolute atomic E-state index is 10.4. The fourth-order valence-electron chi connectivity index (χ4n) is 1.81. The van der Waals surface area contributed by atoms with E-state index in [1.54, 1.807) is 0 Å². The van der Waals surface area contributed by atoms with Crippen LogP contribution in [0.2, 0.25) is 0 Å². The van der Waals surface area contributed by atoms with Crippen molar-refractivity contribution in [1.29, 1.82) is 0 Å². The molecule has 3 unspecified atom stereocenters. The van der Waals surface area contributed by atoms with Crippen LogP contribution < -0.4 is 0 Å². The highest BCUT2D eigenvalue weighted by atomic mass is 35.5. The molecule has 1 aliphatic carbocycles. The standard InChI is InChI=1S/C10H17ClO3/c1-7-4-2-3-5-9(7)14-6-8(11)10(12)13/h7-9H,2-6H2,1H3,(H,12,13). The fraction of sp³-hybridized carbons (Fsp3) is 0.900. The second-order valence-corrected chi connectivity index (χ2v) is 4.47. The fourth-order valence-corrected chi connectivity index (χ4v) is 1.88. The van der Waals surface area contributed by atoms with E-state index in [2.05, 4.69) is 6.92 Å². The quantitative estimate of drug-likeness (QED) is 0.740. The summed E-state index contributed by atoms with van der Waals surface area (Å²) < 4.78 is 5.51. The molecule has 82 valence electrons. The number of carbonyl (C=O) groups is 1. The molecule has 1 rings (SSSR count). The number of ether oxygens (including phenoxy) is 1. The predicted octanol–water partition coefficient (Wildman–Crippen LogP) is 2.27. The second-order valence-electron chi connectivity index (χ2n) is 3.94. The summed E-state index contributed by atoms with van der Waals surface area (Å²) >= 11 is 5.56. The molecule has 1 N–H and O–H groups in total. The summed E-state index contributed by atoms with van der Waals surface area (Å²) in [7, 11) is 0. The van der Waals surface area contributed by atoms with Gasteiger partial charge in [-0.15, -0.1) is 11.6 Å². The molecule has 0 aliphatic heterocycles. The van der Waals surface area contributed by atoms with Crippen LogP contribution in [0.3, 0.4) is 0 Å². The van der Waals surface area contributed by atoms with Crippen molar-refractivity contribution in [2.45, 2.75) is 44.1 Å². The predicted molar refractivity (Wildman–Crippen MR) is 54.6 cm³/mol. The van der Waals surface area contributed by atoms with E-state index in [9.17, 15) is 4.79 Å². The summed E-state index contributed by atoms with van der Waals surface area (Å²) in [5, 5.41) is 7.65. The molecule has 0 amide bonds. The average molecular weight is 221 g/mol. The number of carboxylic acid groups (broad SMARTS) is 1. The largest absolute Gasteiger partial charge is 0.480 e. The van der Waals surface area contributed by atoms with E-state index in [1.807, 2.05) is 0 Å². The number of rotatable bonds is 4. The van der Waals surface area contributed by atoms with Gasteiger partial charge < -0.3 is 9.84 Å². The highest BCUT2D eigenvalue weighted by Crippen LogP contribution is 2.26. The first-order chi connectivity index (χ1) is 6.61. The summed E-state index contributed by atoms with van der Waals surface area (Å²) in [6, 6.07) is 0. The molecule has 0 aromatic carbocycles. The van der Waals surface area contributed by atoms with Crippen LogP contribution in [0.25, 0.3) is 0 Å². The van der Waals surface area contributed by atoms with Gasteiger partial charge in [-0.05, 0) is 18.8 Å². The van der Waals surface area contributed by atoms with E-state index in [1.165, 1.54) is 19.3 Å². The zero-order chi connectivity index (χ0) is 10.6. The van der Waals surface area contributed by atoms with Gasteiger partial charge in [0.1, 0.15) is 0 Å². The zero-order valence-electron chi connectivity index (χ0n) is 8.41. The van der Waals surface area contributed by atoms with Gasteiger partial charge in [0.25, 0.3) is 0 Å². The Labute approximate surface area is 89.4 Å². The Morgan fingerprint density at radius 1 is 1.57 bits per heavy atom. The Kier molecular flexibility index (Phi) is 4.69. The molecule has 0 heterocycles. The lowest BCUT2D eigenvalue weighted by Gasteiger charge is -2.29. The lowest BCUT2D eigenvalue weighted by Crippen LogP contribution is -2.30. The van der Waals surface area contributed by atoms with Crippen molar-refractivity contribution >= 4 is 17.6 Å². The third-order valence-corrected chi connectivity index (χ3v) is 3.07. The highest BCUT2D eigenvalue weighted by Gasteiger charge is 2.24. The molecule has 1 aliphatic rings. The Bertz CT molecular complexity index is 196. The van der Waals surface area contributed by atoms with Crippen molar-refractivity contribution in [3.05, 3.63) is 0 Å². The van der Waals surface area contributed by atoms with Crippen LogP contribution in [-0.2, 0) is 9.53 Å². The number of alkyl halides is 1. The van der Waals surface area contributed by atoms with Crippen LogP contribution in [-0.4, -0.2) is 29.2 Å². The first kappa shape index (κ1) is 11.8. The SMILES string of the molecule is CC1CCCCC1OCC(Cl)C(=O)O. The Balaban J connectivity index is 2.25. The Morgan fingerprint density at radius 3 is 2.79 bits per heavy atom. The summed E-state index contributed by atoms with van der Waals surface area (Å²) in [6.07, 6.45) is 4.83. The summed E-state index contributed by atoms with van der Waals surface area (Å²) in [6.45, 7) is 2.26. The van der Waals surface area contributed by atoms with E-state index in [4.69, 9.17) is 21.4 Å². The molecule has 0 radical (unpaired) electrons. The van der Waals surface area contributed by atoms with Gasteiger partial charge in [0, 0.05) is 0 Å². The molecule has 0 bridgehead atoms. The van der Waals surface area contributed by atoms with Gasteiger partial charge in [0.2, 0.25) is 0 Å². The van der Waals surface area contributed by atoms with Crippen LogP contribution in [0.1, 0.15) is 32.6 Å². The van der Waals surface area contributed by atoms with Crippen molar-refractivity contribution in [3.63, 3.8) is 0 Å². The van der Waals surface area contributed by atoms with Crippen LogP contribution in [0.5, 0.6) is 0 Å². The first-order valence-electron chi connectivity index (χ1n) is 5.09. The number of hydrogen-bond donors (Lipinski definition) is 1. The normalized spacial score (nSPS) is 29.9. The topological polar surface area (TPSA) is 46.5 Å². The van der Waals surface area contributed by atoms with Gasteiger partial charge in [-0.25, -0.2) is 0 Å². The van der Waals surface area contributed by atoms with E-state index in [-0.39, 0.29) is 12.7 Å². The Morgan fingerprint density at radius 2 is 2.21 bits per heavy atom. The number of hydrogen-bond acceptors (Lipinski definition) is 2. The number of carboxylic acids is 1. The molecule has 3 nitrogen and oxygen atoms in total. The van der Waals surface area contributed by atoms with Crippen molar-refractivity contribution < 1.29 is 14.6 Å². The van der Waals surface area contributed by atoms with E-state index < -0.39 is 11.3 Å². The van der Waals surface area contributed by atoms with Crippen molar-refractivity contribution in [2.24, 2.45) is 5.92 Å². The summed E-state index contributed by atoms with van der Waals surface area (Å²) in [5.41, 5.74) is 0. The van der Waals surface area contributed by atoms with E-state index in [0.717, 1.165) is 6.42 Å². The summed E-state index contributed by atoms with van der Waals surface area (Å²) in [5.74, 6) is -0.475. The van der Waals surface area contributed by atoms with Crippen LogP contribution in [0, 0.1) is 5.92 Å². The van der Waals surface area contributed by atoms with Crippen LogP contribution in [0.15, 0.2) is 0 Å². The van der Waals surface area contributed by atoms with Crippen molar-refractivity contribution in [1.82, 2.24) is 0 Å². The van der Waals surface area contributed by atoms with Gasteiger partial charge in [0.15, 0.2) is 5.38 Å². The zero-order valence-corrected chi connectivity index (χ0v) is 9.17. The molecule has 0 saturated heterocycles. The molecule has 0 spiro atoms. The van der Waals surface area contributed by atoms with E-state index in [0.29, 0.717) is 5.92 Å². The number of aliphatic carboxylic acids is 1. The molecule has 1 saturated carbocycles. The van der Waals surface area contributed by atoms with Crippen LogP contribution in [0.4, 0.5) is 0 Å². The van der Waals surface area contributed by atoms with Gasteiger partial charge in [-0.2, -0.15) is 0 Å². The lowest BCUT2D eigenvalue weighted by molar-refractivity contribution is -0.138. The molecular weight excluding hydrogens is 204 g/mol. The van der Waals surface area contributed by atoms with Crippen LogP contribution >= 0.6 is 11.6 Å².